The van der Waals surface area contributed by atoms with Crippen molar-refractivity contribution in [1.82, 2.24) is 24.7 Å². The summed E-state index contributed by atoms with van der Waals surface area (Å²) in [4.78, 5) is 13.5. The Hall–Kier alpha value is -4.31. The van der Waals surface area contributed by atoms with Gasteiger partial charge in [-0.15, -0.1) is 0 Å². The van der Waals surface area contributed by atoms with E-state index in [-0.39, 0.29) is 23.9 Å². The smallest absolute Gasteiger partial charge is 0.178 e. The molecule has 1 aromatic carbocycles. The van der Waals surface area contributed by atoms with Crippen LogP contribution in [0, 0.1) is 40.2 Å². The Labute approximate surface area is 187 Å². The molecule has 8 nitrogen and oxygen atoms in total. The largest absolute Gasteiger partial charge is 0.370 e. The first kappa shape index (κ1) is 20.6. The average Bonchev–Trinajstić information content (AvgIpc) is 3.59. The molecular formula is C23H18F2N8. The van der Waals surface area contributed by atoms with Gasteiger partial charge in [0.1, 0.15) is 23.6 Å². The van der Waals surface area contributed by atoms with Crippen molar-refractivity contribution in [3.05, 3.63) is 60.3 Å². The summed E-state index contributed by atoms with van der Waals surface area (Å²) >= 11 is 0. The number of nitrogens with one attached hydrogen (secondary N) is 1. The number of anilines is 1. The fourth-order valence-corrected chi connectivity index (χ4v) is 4.54. The molecule has 3 aromatic heterocycles. The van der Waals surface area contributed by atoms with Crippen LogP contribution in [0.2, 0.25) is 0 Å². The van der Waals surface area contributed by atoms with Crippen LogP contribution in [0.1, 0.15) is 24.4 Å². The molecule has 164 valence electrons. The number of aromatic amines is 1. The normalized spacial score (nSPS) is 16.6. The van der Waals surface area contributed by atoms with Crippen LogP contribution in [0.4, 0.5) is 14.5 Å². The molecule has 33 heavy (non-hydrogen) atoms. The van der Waals surface area contributed by atoms with Crippen molar-refractivity contribution in [2.45, 2.75) is 18.9 Å². The minimum absolute atomic E-state index is 0.0368. The van der Waals surface area contributed by atoms with E-state index in [1.165, 1.54) is 12.4 Å². The monoisotopic (exact) mass is 444 g/mol. The van der Waals surface area contributed by atoms with Gasteiger partial charge in [-0.25, -0.2) is 18.7 Å². The number of hydrogen-bond acceptors (Lipinski definition) is 6. The standard InChI is InChI=1S/C23H18F2N8/c24-18-1-2-20(17(9-27)21(18)25)32-8-5-14(11-32)19(3-6-26)33-12-15(10-31-33)22-16-4-7-28-23(16)30-13-29-22/h1-2,4,7,10,12-14,19H,3,5,8,11H2,(H,28,29,30)/t14-,19-/m0/s1. The molecule has 2 atom stereocenters. The number of hydrogen-bond donors (Lipinski definition) is 1. The van der Waals surface area contributed by atoms with Crippen molar-refractivity contribution < 1.29 is 8.78 Å². The van der Waals surface area contributed by atoms with Crippen LogP contribution in [0.5, 0.6) is 0 Å². The second kappa shape index (κ2) is 8.32. The summed E-state index contributed by atoms with van der Waals surface area (Å²) in [6, 6.07) is 8.17. The molecule has 0 unspecified atom stereocenters. The van der Waals surface area contributed by atoms with E-state index in [0.29, 0.717) is 18.8 Å². The number of fused-ring (bicyclic) bond motifs is 1. The summed E-state index contributed by atoms with van der Waals surface area (Å²) in [5.74, 6) is -2.14. The van der Waals surface area contributed by atoms with Gasteiger partial charge in [0.05, 0.1) is 36.1 Å². The highest BCUT2D eigenvalue weighted by atomic mass is 19.2. The van der Waals surface area contributed by atoms with Crippen molar-refractivity contribution in [3.8, 4) is 23.4 Å². The second-order valence-corrected chi connectivity index (χ2v) is 7.96. The molecule has 1 aliphatic rings. The zero-order chi connectivity index (χ0) is 22.9. The van der Waals surface area contributed by atoms with Crippen LogP contribution in [-0.4, -0.2) is 37.8 Å². The molecule has 1 N–H and O–H groups in total. The number of H-pyrrole nitrogens is 1. The maximum atomic E-state index is 14.1. The Bertz CT molecular complexity index is 1410. The number of rotatable bonds is 5. The second-order valence-electron chi connectivity index (χ2n) is 7.96. The molecule has 1 saturated heterocycles. The molecule has 0 amide bonds. The third-order valence-corrected chi connectivity index (χ3v) is 6.16. The maximum Gasteiger partial charge on any atom is 0.178 e. The van der Waals surface area contributed by atoms with E-state index in [4.69, 9.17) is 0 Å². The molecule has 1 aliphatic heterocycles. The molecule has 4 heterocycles. The van der Waals surface area contributed by atoms with E-state index in [0.717, 1.165) is 34.8 Å². The molecule has 1 fully saturated rings. The third-order valence-electron chi connectivity index (χ3n) is 6.16. The molecule has 10 heteroatoms. The number of nitrogens with zero attached hydrogens (tertiary/aromatic N) is 7. The summed E-state index contributed by atoms with van der Waals surface area (Å²) in [5.41, 5.74) is 2.36. The number of nitriles is 2. The van der Waals surface area contributed by atoms with Gasteiger partial charge in [0.2, 0.25) is 0 Å². The van der Waals surface area contributed by atoms with Gasteiger partial charge in [-0.3, -0.25) is 4.68 Å². The first-order valence-electron chi connectivity index (χ1n) is 10.4. The number of aromatic nitrogens is 5. The summed E-state index contributed by atoms with van der Waals surface area (Å²) in [7, 11) is 0. The minimum Gasteiger partial charge on any atom is -0.370 e. The van der Waals surface area contributed by atoms with E-state index in [9.17, 15) is 19.3 Å². The lowest BCUT2D eigenvalue weighted by Crippen LogP contribution is -2.25. The zero-order valence-electron chi connectivity index (χ0n) is 17.4. The van der Waals surface area contributed by atoms with Crippen LogP contribution in [0.15, 0.2) is 43.1 Å². The topological polar surface area (TPSA) is 110 Å². The molecule has 0 spiro atoms. The molecule has 0 radical (unpaired) electrons. The summed E-state index contributed by atoms with van der Waals surface area (Å²) in [5, 5.41) is 24.2. The molecule has 0 aliphatic carbocycles. The first-order chi connectivity index (χ1) is 16.1. The maximum absolute atomic E-state index is 14.1. The Morgan fingerprint density at radius 1 is 1.21 bits per heavy atom. The van der Waals surface area contributed by atoms with E-state index < -0.39 is 11.6 Å². The summed E-state index contributed by atoms with van der Waals surface area (Å²) < 4.78 is 29.5. The highest BCUT2D eigenvalue weighted by molar-refractivity contribution is 5.89. The van der Waals surface area contributed by atoms with Crippen molar-refractivity contribution in [2.24, 2.45) is 5.92 Å². The van der Waals surface area contributed by atoms with Gasteiger partial charge in [-0.05, 0) is 24.6 Å². The van der Waals surface area contributed by atoms with Crippen LogP contribution in [0.3, 0.4) is 0 Å². The highest BCUT2D eigenvalue weighted by Crippen LogP contribution is 2.36. The van der Waals surface area contributed by atoms with Gasteiger partial charge in [0.25, 0.3) is 0 Å². The number of benzene rings is 1. The van der Waals surface area contributed by atoms with Crippen LogP contribution in [0.25, 0.3) is 22.3 Å². The van der Waals surface area contributed by atoms with Crippen LogP contribution >= 0.6 is 0 Å². The third kappa shape index (κ3) is 3.56. The van der Waals surface area contributed by atoms with E-state index >= 15 is 0 Å². The van der Waals surface area contributed by atoms with E-state index in [1.807, 2.05) is 17.2 Å². The van der Waals surface area contributed by atoms with Crippen LogP contribution < -0.4 is 4.90 Å². The van der Waals surface area contributed by atoms with Gasteiger partial charge in [-0.1, -0.05) is 0 Å². The quantitative estimate of drug-likeness (QED) is 0.499. The minimum atomic E-state index is -1.13. The number of halogens is 2. The van der Waals surface area contributed by atoms with Gasteiger partial charge in [-0.2, -0.15) is 15.6 Å². The predicted octanol–water partition coefficient (Wildman–Crippen LogP) is 3.95. The van der Waals surface area contributed by atoms with Crippen molar-refractivity contribution in [2.75, 3.05) is 18.0 Å². The fourth-order valence-electron chi connectivity index (χ4n) is 4.54. The Kier molecular flexibility index (Phi) is 5.19. The van der Waals surface area contributed by atoms with Crippen molar-refractivity contribution >= 4 is 16.7 Å². The Morgan fingerprint density at radius 3 is 2.91 bits per heavy atom. The molecule has 0 bridgehead atoms. The lowest BCUT2D eigenvalue weighted by atomic mass is 9.96. The van der Waals surface area contributed by atoms with Crippen molar-refractivity contribution in [3.63, 3.8) is 0 Å². The van der Waals surface area contributed by atoms with E-state index in [2.05, 4.69) is 26.1 Å². The molecule has 0 saturated carbocycles. The van der Waals surface area contributed by atoms with Gasteiger partial charge < -0.3 is 9.88 Å². The Balaban J connectivity index is 1.42. The predicted molar refractivity (Wildman–Crippen MR) is 116 cm³/mol. The summed E-state index contributed by atoms with van der Waals surface area (Å²) in [6.07, 6.45) is 7.84. The van der Waals surface area contributed by atoms with Crippen molar-refractivity contribution in [1.29, 1.82) is 10.5 Å². The van der Waals surface area contributed by atoms with Gasteiger partial charge >= 0.3 is 0 Å². The van der Waals surface area contributed by atoms with Gasteiger partial charge in [0, 0.05) is 42.4 Å². The fraction of sp³-hybridized carbons (Fsp3) is 0.261. The van der Waals surface area contributed by atoms with E-state index in [1.54, 1.807) is 23.1 Å². The van der Waals surface area contributed by atoms with Gasteiger partial charge in [0.15, 0.2) is 11.6 Å². The first-order valence-corrected chi connectivity index (χ1v) is 10.4. The molecule has 5 rings (SSSR count). The SMILES string of the molecule is N#CC[C@@H]([C@H]1CCN(c2ccc(F)c(F)c2C#N)C1)n1cc(-c2ncnc3[nH]ccc23)cn1. The molecular weight excluding hydrogens is 426 g/mol. The summed E-state index contributed by atoms with van der Waals surface area (Å²) in [6.45, 7) is 1.06. The highest BCUT2D eigenvalue weighted by Gasteiger charge is 2.33. The van der Waals surface area contributed by atoms with Crippen LogP contribution in [-0.2, 0) is 0 Å². The zero-order valence-corrected chi connectivity index (χ0v) is 17.4. The lowest BCUT2D eigenvalue weighted by Gasteiger charge is -2.24. The Morgan fingerprint density at radius 2 is 2.09 bits per heavy atom. The molecule has 4 aromatic rings. The average molecular weight is 444 g/mol. The lowest BCUT2D eigenvalue weighted by molar-refractivity contribution is 0.332.